The molecule has 22 heavy (non-hydrogen) atoms. The molecule has 1 atom stereocenters. The molecule has 0 aromatic carbocycles. The molecule has 3 heterocycles. The summed E-state index contributed by atoms with van der Waals surface area (Å²) in [7, 11) is 0. The van der Waals surface area contributed by atoms with E-state index in [0.717, 1.165) is 38.3 Å². The van der Waals surface area contributed by atoms with Gasteiger partial charge in [-0.15, -0.1) is 0 Å². The number of hydrogen-bond acceptors (Lipinski definition) is 4. The molecule has 1 amide bonds. The fraction of sp³-hybridized carbons (Fsp3) is 0.600. The van der Waals surface area contributed by atoms with Crippen LogP contribution in [0.5, 0.6) is 0 Å². The quantitative estimate of drug-likeness (QED) is 0.834. The standard InChI is InChI=1S/C15H22N6O/c1-2-19-9-6-17-15(19)13-4-3-7-20(10-13)14(22)5-8-21-12-16-11-18-21/h6,9,11-13H,2-5,7-8,10H2,1H3/t13-/m1/s1. The molecule has 0 spiro atoms. The van der Waals surface area contributed by atoms with Crippen LogP contribution in [0, 0.1) is 0 Å². The Hall–Kier alpha value is -2.18. The number of likely N-dealkylation sites (tertiary alicyclic amines) is 1. The van der Waals surface area contributed by atoms with Crippen molar-refractivity contribution in [1.82, 2.24) is 29.2 Å². The molecule has 7 nitrogen and oxygen atoms in total. The van der Waals surface area contributed by atoms with Gasteiger partial charge in [-0.1, -0.05) is 0 Å². The Morgan fingerprint density at radius 3 is 3.14 bits per heavy atom. The summed E-state index contributed by atoms with van der Waals surface area (Å²) < 4.78 is 3.87. The monoisotopic (exact) mass is 302 g/mol. The van der Waals surface area contributed by atoms with Gasteiger partial charge in [-0.05, 0) is 19.8 Å². The fourth-order valence-corrected chi connectivity index (χ4v) is 3.08. The Balaban J connectivity index is 1.59. The summed E-state index contributed by atoms with van der Waals surface area (Å²) in [6.45, 7) is 5.25. The van der Waals surface area contributed by atoms with Gasteiger partial charge in [0.15, 0.2) is 0 Å². The first kappa shape index (κ1) is 14.7. The van der Waals surface area contributed by atoms with E-state index in [1.807, 2.05) is 17.3 Å². The third-order valence-corrected chi connectivity index (χ3v) is 4.25. The van der Waals surface area contributed by atoms with E-state index in [-0.39, 0.29) is 5.91 Å². The van der Waals surface area contributed by atoms with Gasteiger partial charge < -0.3 is 9.47 Å². The van der Waals surface area contributed by atoms with E-state index in [0.29, 0.717) is 18.9 Å². The molecule has 1 aliphatic rings. The van der Waals surface area contributed by atoms with Gasteiger partial charge in [0.25, 0.3) is 0 Å². The topological polar surface area (TPSA) is 68.8 Å². The molecule has 2 aromatic rings. The number of rotatable bonds is 5. The van der Waals surface area contributed by atoms with Crippen LogP contribution in [0.1, 0.15) is 37.9 Å². The Labute approximate surface area is 130 Å². The van der Waals surface area contributed by atoms with E-state index < -0.39 is 0 Å². The second kappa shape index (κ2) is 6.72. The highest BCUT2D eigenvalue weighted by Gasteiger charge is 2.26. The molecule has 1 fully saturated rings. The molecule has 2 aromatic heterocycles. The van der Waals surface area contributed by atoms with Crippen molar-refractivity contribution in [3.63, 3.8) is 0 Å². The van der Waals surface area contributed by atoms with E-state index in [2.05, 4.69) is 26.6 Å². The summed E-state index contributed by atoms with van der Waals surface area (Å²) in [5, 5.41) is 4.03. The van der Waals surface area contributed by atoms with Crippen LogP contribution in [0.2, 0.25) is 0 Å². The van der Waals surface area contributed by atoms with Crippen molar-refractivity contribution < 1.29 is 4.79 Å². The summed E-state index contributed by atoms with van der Waals surface area (Å²) in [6.07, 6.45) is 9.61. The summed E-state index contributed by atoms with van der Waals surface area (Å²) in [6, 6.07) is 0. The molecule has 0 saturated carbocycles. The summed E-state index contributed by atoms with van der Waals surface area (Å²) in [5.41, 5.74) is 0. The zero-order chi connectivity index (χ0) is 15.4. The second-order valence-electron chi connectivity index (χ2n) is 5.66. The number of aryl methyl sites for hydroxylation is 2. The van der Waals surface area contributed by atoms with E-state index in [9.17, 15) is 4.79 Å². The number of nitrogens with zero attached hydrogens (tertiary/aromatic N) is 6. The van der Waals surface area contributed by atoms with Crippen LogP contribution in [-0.2, 0) is 17.9 Å². The van der Waals surface area contributed by atoms with Gasteiger partial charge in [-0.2, -0.15) is 5.10 Å². The molecule has 0 aliphatic carbocycles. The Morgan fingerprint density at radius 1 is 1.45 bits per heavy atom. The van der Waals surface area contributed by atoms with Crippen molar-refractivity contribution in [2.24, 2.45) is 0 Å². The summed E-state index contributed by atoms with van der Waals surface area (Å²) in [4.78, 5) is 22.8. The predicted octanol–water partition coefficient (Wildman–Crippen LogP) is 1.29. The van der Waals surface area contributed by atoms with Crippen molar-refractivity contribution in [2.75, 3.05) is 13.1 Å². The zero-order valence-electron chi connectivity index (χ0n) is 12.9. The van der Waals surface area contributed by atoms with Gasteiger partial charge in [0.05, 0.1) is 6.54 Å². The molecule has 1 saturated heterocycles. The lowest BCUT2D eigenvalue weighted by atomic mass is 9.97. The van der Waals surface area contributed by atoms with Gasteiger partial charge in [-0.25, -0.2) is 9.97 Å². The Kier molecular flexibility index (Phi) is 4.50. The van der Waals surface area contributed by atoms with Crippen molar-refractivity contribution in [1.29, 1.82) is 0 Å². The zero-order valence-corrected chi connectivity index (χ0v) is 12.9. The molecule has 0 unspecified atom stereocenters. The number of aromatic nitrogens is 5. The largest absolute Gasteiger partial charge is 0.342 e. The molecule has 1 aliphatic heterocycles. The maximum Gasteiger partial charge on any atom is 0.224 e. The number of amides is 1. The van der Waals surface area contributed by atoms with Gasteiger partial charge in [0.2, 0.25) is 5.91 Å². The first-order chi connectivity index (χ1) is 10.8. The fourth-order valence-electron chi connectivity index (χ4n) is 3.08. The smallest absolute Gasteiger partial charge is 0.224 e. The summed E-state index contributed by atoms with van der Waals surface area (Å²) >= 11 is 0. The van der Waals surface area contributed by atoms with E-state index >= 15 is 0 Å². The van der Waals surface area contributed by atoms with Crippen LogP contribution in [0.4, 0.5) is 0 Å². The highest BCUT2D eigenvalue weighted by Crippen LogP contribution is 2.26. The second-order valence-corrected chi connectivity index (χ2v) is 5.66. The molecule has 7 heteroatoms. The summed E-state index contributed by atoms with van der Waals surface area (Å²) in [5.74, 6) is 1.64. The Morgan fingerprint density at radius 2 is 2.36 bits per heavy atom. The average Bonchev–Trinajstić information content (AvgIpc) is 3.23. The Bertz CT molecular complexity index is 605. The highest BCUT2D eigenvalue weighted by atomic mass is 16.2. The van der Waals surface area contributed by atoms with Crippen LogP contribution in [0.3, 0.4) is 0 Å². The number of piperidine rings is 1. The van der Waals surface area contributed by atoms with E-state index in [4.69, 9.17) is 0 Å². The minimum atomic E-state index is 0.190. The number of hydrogen-bond donors (Lipinski definition) is 0. The third-order valence-electron chi connectivity index (χ3n) is 4.25. The van der Waals surface area contributed by atoms with Crippen LogP contribution in [-0.4, -0.2) is 48.2 Å². The third kappa shape index (κ3) is 3.18. The van der Waals surface area contributed by atoms with Gasteiger partial charge in [-0.3, -0.25) is 9.48 Å². The molecular formula is C15H22N6O. The molecular weight excluding hydrogens is 280 g/mol. The normalized spacial score (nSPS) is 18.6. The molecule has 118 valence electrons. The number of carbonyl (C=O) groups excluding carboxylic acids is 1. The first-order valence-electron chi connectivity index (χ1n) is 7.89. The maximum atomic E-state index is 12.4. The minimum absolute atomic E-state index is 0.190. The van der Waals surface area contributed by atoms with Crippen molar-refractivity contribution in [2.45, 2.75) is 45.2 Å². The van der Waals surface area contributed by atoms with Crippen molar-refractivity contribution >= 4 is 5.91 Å². The molecule has 0 N–H and O–H groups in total. The lowest BCUT2D eigenvalue weighted by molar-refractivity contribution is -0.132. The number of imidazole rings is 1. The minimum Gasteiger partial charge on any atom is -0.342 e. The average molecular weight is 302 g/mol. The van der Waals surface area contributed by atoms with Gasteiger partial charge in [0.1, 0.15) is 18.5 Å². The van der Waals surface area contributed by atoms with Crippen LogP contribution < -0.4 is 0 Å². The van der Waals surface area contributed by atoms with Crippen LogP contribution in [0.15, 0.2) is 25.0 Å². The van der Waals surface area contributed by atoms with Crippen LogP contribution in [0.25, 0.3) is 0 Å². The van der Waals surface area contributed by atoms with Gasteiger partial charge >= 0.3 is 0 Å². The van der Waals surface area contributed by atoms with Crippen LogP contribution >= 0.6 is 0 Å². The van der Waals surface area contributed by atoms with E-state index in [1.54, 1.807) is 11.0 Å². The van der Waals surface area contributed by atoms with Gasteiger partial charge in [0, 0.05) is 44.4 Å². The lowest BCUT2D eigenvalue weighted by Gasteiger charge is -2.32. The molecule has 3 rings (SSSR count). The van der Waals surface area contributed by atoms with Crippen molar-refractivity contribution in [3.05, 3.63) is 30.9 Å². The number of carbonyl (C=O) groups is 1. The maximum absolute atomic E-state index is 12.4. The highest BCUT2D eigenvalue weighted by molar-refractivity contribution is 5.76. The van der Waals surface area contributed by atoms with Crippen molar-refractivity contribution in [3.8, 4) is 0 Å². The first-order valence-corrected chi connectivity index (χ1v) is 7.89. The lowest BCUT2D eigenvalue weighted by Crippen LogP contribution is -2.40. The molecule has 0 bridgehead atoms. The van der Waals surface area contributed by atoms with E-state index in [1.165, 1.54) is 6.33 Å². The SMILES string of the molecule is CCn1ccnc1[C@@H]1CCCN(C(=O)CCn2cncn2)C1. The predicted molar refractivity (Wildman–Crippen MR) is 81.1 cm³/mol. The molecule has 0 radical (unpaired) electrons.